The highest BCUT2D eigenvalue weighted by Gasteiger charge is 2.11. The Morgan fingerprint density at radius 1 is 0.882 bits per heavy atom. The third-order valence-electron chi connectivity index (χ3n) is 4.75. The van der Waals surface area contributed by atoms with Crippen LogP contribution in [0.3, 0.4) is 0 Å². The number of aromatic hydroxyl groups is 1. The number of phenolic OH excluding ortho intramolecular Hbond substituents is 1. The number of nitrogens with zero attached hydrogens (tertiary/aromatic N) is 2. The van der Waals surface area contributed by atoms with E-state index in [9.17, 15) is 14.7 Å². The van der Waals surface area contributed by atoms with E-state index in [0.29, 0.717) is 48.7 Å². The zero-order chi connectivity index (χ0) is 24.5. The fraction of sp³-hybridized carbons (Fsp3) is 0.250. The number of amides is 2. The molecule has 0 aliphatic carbocycles. The topological polar surface area (TPSA) is 128 Å². The lowest BCUT2D eigenvalue weighted by Crippen LogP contribution is -2.29. The van der Waals surface area contributed by atoms with E-state index in [2.05, 4.69) is 31.2 Å². The lowest BCUT2D eigenvalue weighted by Gasteiger charge is -2.12. The summed E-state index contributed by atoms with van der Waals surface area (Å²) in [6.07, 6.45) is 0. The van der Waals surface area contributed by atoms with Gasteiger partial charge in [0.2, 0.25) is 5.91 Å². The summed E-state index contributed by atoms with van der Waals surface area (Å²) in [6, 6.07) is 13.9. The molecule has 2 amide bonds. The molecule has 1 heterocycles. The highest BCUT2D eigenvalue weighted by Crippen LogP contribution is 2.22. The Morgan fingerprint density at radius 2 is 1.50 bits per heavy atom. The Balaban J connectivity index is 1.64. The van der Waals surface area contributed by atoms with Gasteiger partial charge >= 0.3 is 0 Å². The van der Waals surface area contributed by atoms with Crippen molar-refractivity contribution < 1.29 is 14.7 Å². The third-order valence-corrected chi connectivity index (χ3v) is 5.00. The molecular weight excluding hydrogens is 456 g/mol. The van der Waals surface area contributed by atoms with Gasteiger partial charge in [0.05, 0.1) is 5.56 Å². The molecule has 9 nitrogen and oxygen atoms in total. The minimum absolute atomic E-state index is 0.0520. The first-order valence-corrected chi connectivity index (χ1v) is 11.1. The molecule has 0 radical (unpaired) electrons. The van der Waals surface area contributed by atoms with Gasteiger partial charge in [-0.1, -0.05) is 17.7 Å². The van der Waals surface area contributed by atoms with Crippen LogP contribution in [0.2, 0.25) is 5.02 Å². The average Bonchev–Trinajstić information content (AvgIpc) is 2.80. The molecule has 34 heavy (non-hydrogen) atoms. The Morgan fingerprint density at radius 3 is 2.09 bits per heavy atom. The predicted molar refractivity (Wildman–Crippen MR) is 133 cm³/mol. The molecular formula is C24H27ClN6O3. The quantitative estimate of drug-likeness (QED) is 0.281. The molecule has 0 unspecified atom stereocenters. The van der Waals surface area contributed by atoms with Crippen molar-refractivity contribution in [2.24, 2.45) is 0 Å². The Hall–Kier alpha value is -3.85. The second kappa shape index (κ2) is 11.9. The zero-order valence-corrected chi connectivity index (χ0v) is 19.7. The van der Waals surface area contributed by atoms with Gasteiger partial charge in [0.1, 0.15) is 17.4 Å². The molecule has 2 aromatic carbocycles. The number of aromatic nitrogens is 2. The first-order chi connectivity index (χ1) is 16.3. The highest BCUT2D eigenvalue weighted by atomic mass is 35.5. The van der Waals surface area contributed by atoms with E-state index in [1.54, 1.807) is 36.4 Å². The van der Waals surface area contributed by atoms with Crippen molar-refractivity contribution in [1.82, 2.24) is 20.6 Å². The summed E-state index contributed by atoms with van der Waals surface area (Å²) in [6.45, 7) is 4.97. The molecule has 0 spiro atoms. The van der Waals surface area contributed by atoms with E-state index >= 15 is 0 Å². The van der Waals surface area contributed by atoms with Gasteiger partial charge in [0.25, 0.3) is 5.91 Å². The summed E-state index contributed by atoms with van der Waals surface area (Å²) in [7, 11) is 0. The fourth-order valence-electron chi connectivity index (χ4n) is 3.08. The third kappa shape index (κ3) is 7.35. The minimum atomic E-state index is -0.357. The van der Waals surface area contributed by atoms with E-state index in [-0.39, 0.29) is 23.1 Å². The van der Waals surface area contributed by atoms with Gasteiger partial charge in [-0.2, -0.15) is 0 Å². The van der Waals surface area contributed by atoms with Crippen LogP contribution in [0.15, 0.2) is 48.5 Å². The molecule has 10 heteroatoms. The number of nitrogens with one attached hydrogen (secondary N) is 4. The number of carbonyl (C=O) groups is 2. The lowest BCUT2D eigenvalue weighted by atomic mass is 10.1. The molecule has 1 aromatic heterocycles. The Kier molecular flexibility index (Phi) is 8.64. The second-order valence-corrected chi connectivity index (χ2v) is 8.02. The smallest absolute Gasteiger partial charge is 0.255 e. The van der Waals surface area contributed by atoms with E-state index in [4.69, 9.17) is 11.6 Å². The van der Waals surface area contributed by atoms with Crippen LogP contribution in [0.1, 0.15) is 22.8 Å². The number of halogens is 1. The maximum Gasteiger partial charge on any atom is 0.255 e. The van der Waals surface area contributed by atoms with Gasteiger partial charge in [-0.15, -0.1) is 0 Å². The normalized spacial score (nSPS) is 10.4. The molecule has 0 fully saturated rings. The molecule has 3 aromatic rings. The van der Waals surface area contributed by atoms with Crippen molar-refractivity contribution in [3.8, 4) is 17.1 Å². The van der Waals surface area contributed by atoms with E-state index in [1.165, 1.54) is 6.92 Å². The number of hydrogen-bond acceptors (Lipinski definition) is 7. The van der Waals surface area contributed by atoms with Crippen LogP contribution in [0.25, 0.3) is 11.4 Å². The molecule has 0 saturated carbocycles. The number of benzene rings is 2. The van der Waals surface area contributed by atoms with E-state index in [0.717, 1.165) is 11.1 Å². The molecule has 5 N–H and O–H groups in total. The van der Waals surface area contributed by atoms with Gasteiger partial charge in [-0.25, -0.2) is 9.97 Å². The first kappa shape index (κ1) is 24.8. The number of aryl methyl sites for hydroxylation is 1. The van der Waals surface area contributed by atoms with Crippen molar-refractivity contribution in [2.75, 3.05) is 36.8 Å². The van der Waals surface area contributed by atoms with E-state index in [1.807, 2.05) is 19.1 Å². The number of carbonyl (C=O) groups excluding carboxylic acids is 2. The van der Waals surface area contributed by atoms with Crippen LogP contribution in [0.5, 0.6) is 5.75 Å². The van der Waals surface area contributed by atoms with Crippen LogP contribution in [-0.4, -0.2) is 53.1 Å². The van der Waals surface area contributed by atoms with Crippen LogP contribution in [0.4, 0.5) is 11.6 Å². The highest BCUT2D eigenvalue weighted by molar-refractivity contribution is 6.30. The summed E-state index contributed by atoms with van der Waals surface area (Å²) in [4.78, 5) is 32.5. The van der Waals surface area contributed by atoms with Crippen LogP contribution < -0.4 is 21.3 Å². The average molecular weight is 483 g/mol. The monoisotopic (exact) mass is 482 g/mol. The molecule has 3 rings (SSSR count). The van der Waals surface area contributed by atoms with Crippen molar-refractivity contribution in [3.63, 3.8) is 0 Å². The number of phenols is 1. The Bertz CT molecular complexity index is 1150. The summed E-state index contributed by atoms with van der Waals surface area (Å²) < 4.78 is 0. The standard InChI is InChI=1S/C24H27ClN6O3/c1-15-3-8-19(20(33)13-15)24(34)29-12-11-28-22-14-21(27-10-9-26-16(2)32)30-23(31-22)17-4-6-18(25)7-5-17/h3-8,13-14,33H,9-12H2,1-2H3,(H,26,32)(H,29,34)(H2,27,28,30,31). The summed E-state index contributed by atoms with van der Waals surface area (Å²) >= 11 is 5.99. The van der Waals surface area contributed by atoms with E-state index < -0.39 is 0 Å². The molecule has 0 bridgehead atoms. The van der Waals surface area contributed by atoms with Gasteiger partial charge in [0.15, 0.2) is 5.82 Å². The molecule has 0 atom stereocenters. The first-order valence-electron chi connectivity index (χ1n) is 10.8. The molecule has 0 aliphatic heterocycles. The van der Waals surface area contributed by atoms with Crippen LogP contribution in [0, 0.1) is 6.92 Å². The predicted octanol–water partition coefficient (Wildman–Crippen LogP) is 3.20. The SMILES string of the molecule is CC(=O)NCCNc1cc(NCCNC(=O)c2ccc(C)cc2O)nc(-c2ccc(Cl)cc2)n1. The maximum absolute atomic E-state index is 12.3. The number of rotatable bonds is 10. The van der Waals surface area contributed by atoms with Gasteiger partial charge in [0, 0.05) is 49.8 Å². The van der Waals surface area contributed by atoms with Crippen molar-refractivity contribution in [2.45, 2.75) is 13.8 Å². The Labute approximate surface area is 203 Å². The van der Waals surface area contributed by atoms with Crippen molar-refractivity contribution in [1.29, 1.82) is 0 Å². The molecule has 178 valence electrons. The largest absolute Gasteiger partial charge is 0.507 e. The van der Waals surface area contributed by atoms with Crippen molar-refractivity contribution >= 4 is 35.1 Å². The number of hydrogen-bond donors (Lipinski definition) is 5. The minimum Gasteiger partial charge on any atom is -0.507 e. The maximum atomic E-state index is 12.3. The summed E-state index contributed by atoms with van der Waals surface area (Å²) in [5.74, 6) is 1.14. The fourth-order valence-corrected chi connectivity index (χ4v) is 3.21. The lowest BCUT2D eigenvalue weighted by molar-refractivity contribution is -0.118. The van der Waals surface area contributed by atoms with Gasteiger partial charge in [-0.3, -0.25) is 9.59 Å². The van der Waals surface area contributed by atoms with Crippen molar-refractivity contribution in [3.05, 3.63) is 64.7 Å². The van der Waals surface area contributed by atoms with Crippen LogP contribution >= 0.6 is 11.6 Å². The van der Waals surface area contributed by atoms with Gasteiger partial charge in [-0.05, 0) is 48.9 Å². The summed E-state index contributed by atoms with van der Waals surface area (Å²) in [5.41, 5.74) is 1.89. The van der Waals surface area contributed by atoms with Gasteiger partial charge < -0.3 is 26.4 Å². The summed E-state index contributed by atoms with van der Waals surface area (Å²) in [5, 5.41) is 22.4. The zero-order valence-electron chi connectivity index (χ0n) is 19.0. The van der Waals surface area contributed by atoms with Crippen LogP contribution in [-0.2, 0) is 4.79 Å². The second-order valence-electron chi connectivity index (χ2n) is 7.58. The molecule has 0 saturated heterocycles. The number of anilines is 2. The molecule has 0 aliphatic rings.